The first-order valence-corrected chi connectivity index (χ1v) is 7.45. The molecule has 1 aromatic carbocycles. The average molecular weight is 354 g/mol. The van der Waals surface area contributed by atoms with Crippen molar-refractivity contribution >= 4 is 32.9 Å². The lowest BCUT2D eigenvalue weighted by Crippen LogP contribution is -2.26. The molecule has 0 bridgehead atoms. The summed E-state index contributed by atoms with van der Waals surface area (Å²) < 4.78 is 6.04. The molecule has 1 aromatic heterocycles. The molecule has 0 spiro atoms. The van der Waals surface area contributed by atoms with Crippen LogP contribution < -0.4 is 5.63 Å². The van der Waals surface area contributed by atoms with Gasteiger partial charge in [0.05, 0.1) is 6.42 Å². The number of nitrogens with zero attached hydrogens (tertiary/aromatic N) is 1. The van der Waals surface area contributed by atoms with Gasteiger partial charge in [-0.1, -0.05) is 22.9 Å². The van der Waals surface area contributed by atoms with Gasteiger partial charge in [0.2, 0.25) is 0 Å². The monoisotopic (exact) mass is 353 g/mol. The Labute approximate surface area is 130 Å². The van der Waals surface area contributed by atoms with E-state index in [4.69, 9.17) is 9.52 Å². The molecule has 1 N–H and O–H groups in total. The van der Waals surface area contributed by atoms with Gasteiger partial charge in [-0.2, -0.15) is 0 Å². The summed E-state index contributed by atoms with van der Waals surface area (Å²) in [6.07, 6.45) is 0.0821. The maximum absolute atomic E-state index is 11.7. The summed E-state index contributed by atoms with van der Waals surface area (Å²) in [4.78, 5) is 24.3. The first kappa shape index (κ1) is 15.7. The molecule has 2 aromatic rings. The lowest BCUT2D eigenvalue weighted by atomic mass is 10.1. The summed E-state index contributed by atoms with van der Waals surface area (Å²) in [5, 5.41) is 9.64. The van der Waals surface area contributed by atoms with E-state index in [0.29, 0.717) is 25.2 Å². The Bertz CT molecular complexity index is 710. The summed E-state index contributed by atoms with van der Waals surface area (Å²) in [5.41, 5.74) is 0.979. The van der Waals surface area contributed by atoms with Crippen LogP contribution in [-0.2, 0) is 11.3 Å². The minimum Gasteiger partial charge on any atom is -0.481 e. The molecule has 0 aliphatic carbocycles. The van der Waals surface area contributed by atoms with Crippen LogP contribution in [0.3, 0.4) is 0 Å². The van der Waals surface area contributed by atoms with Crippen LogP contribution in [0, 0.1) is 0 Å². The average Bonchev–Trinajstić information content (AvgIpc) is 2.42. The number of rotatable bonds is 6. The number of hydrogen-bond acceptors (Lipinski definition) is 4. The second-order valence-electron chi connectivity index (χ2n) is 4.74. The molecule has 6 heteroatoms. The molecule has 0 aliphatic rings. The normalized spacial score (nSPS) is 11.2. The Morgan fingerprint density at radius 3 is 2.81 bits per heavy atom. The molecule has 0 aliphatic heterocycles. The van der Waals surface area contributed by atoms with Crippen molar-refractivity contribution in [3.05, 3.63) is 44.7 Å². The molecule has 0 saturated heterocycles. The highest BCUT2D eigenvalue weighted by molar-refractivity contribution is 9.10. The Hall–Kier alpha value is -1.66. The molecule has 21 heavy (non-hydrogen) atoms. The minimum atomic E-state index is -0.824. The van der Waals surface area contributed by atoms with E-state index in [1.165, 1.54) is 6.07 Å². The van der Waals surface area contributed by atoms with Crippen molar-refractivity contribution in [2.24, 2.45) is 0 Å². The van der Waals surface area contributed by atoms with Crippen molar-refractivity contribution < 1.29 is 14.3 Å². The summed E-state index contributed by atoms with van der Waals surface area (Å²) in [5.74, 6) is -0.824. The van der Waals surface area contributed by atoms with Crippen LogP contribution in [0.4, 0.5) is 0 Å². The van der Waals surface area contributed by atoms with Crippen molar-refractivity contribution in [3.8, 4) is 0 Å². The van der Waals surface area contributed by atoms with Crippen molar-refractivity contribution in [1.29, 1.82) is 0 Å². The second kappa shape index (κ2) is 6.87. The molecule has 0 saturated carbocycles. The van der Waals surface area contributed by atoms with E-state index in [9.17, 15) is 9.59 Å². The number of hydrogen-bond donors (Lipinski definition) is 1. The Morgan fingerprint density at radius 2 is 2.14 bits per heavy atom. The molecular formula is C15H16BrNO4. The lowest BCUT2D eigenvalue weighted by Gasteiger charge is -2.20. The standard InChI is InChI=1S/C15H16BrNO4/c1-2-17(6-5-14(18)19)9-10-7-15(20)21-13-8-11(16)3-4-12(10)13/h3-4,7-8H,2,5-6,9H2,1H3,(H,18,19). The Balaban J connectivity index is 2.32. The fourth-order valence-corrected chi connectivity index (χ4v) is 2.52. The Kier molecular flexibility index (Phi) is 5.14. The van der Waals surface area contributed by atoms with E-state index in [2.05, 4.69) is 15.9 Å². The van der Waals surface area contributed by atoms with Crippen molar-refractivity contribution in [3.63, 3.8) is 0 Å². The highest BCUT2D eigenvalue weighted by Gasteiger charge is 2.11. The molecule has 0 atom stereocenters. The first-order valence-electron chi connectivity index (χ1n) is 6.66. The third-order valence-electron chi connectivity index (χ3n) is 3.28. The summed E-state index contributed by atoms with van der Waals surface area (Å²) in [7, 11) is 0. The van der Waals surface area contributed by atoms with Crippen LogP contribution in [0.25, 0.3) is 11.0 Å². The zero-order valence-corrected chi connectivity index (χ0v) is 13.2. The SMILES string of the molecule is CCN(CCC(=O)O)Cc1cc(=O)oc2cc(Br)ccc12. The predicted molar refractivity (Wildman–Crippen MR) is 83.4 cm³/mol. The van der Waals surface area contributed by atoms with Crippen LogP contribution in [0.15, 0.2) is 37.9 Å². The van der Waals surface area contributed by atoms with Gasteiger partial charge >= 0.3 is 11.6 Å². The number of carbonyl (C=O) groups is 1. The lowest BCUT2D eigenvalue weighted by molar-refractivity contribution is -0.137. The van der Waals surface area contributed by atoms with Crippen LogP contribution >= 0.6 is 15.9 Å². The van der Waals surface area contributed by atoms with E-state index in [-0.39, 0.29) is 6.42 Å². The minimum absolute atomic E-state index is 0.0821. The number of benzene rings is 1. The van der Waals surface area contributed by atoms with Gasteiger partial charge in [-0.15, -0.1) is 0 Å². The van der Waals surface area contributed by atoms with Gasteiger partial charge in [0.1, 0.15) is 5.58 Å². The van der Waals surface area contributed by atoms with Gasteiger partial charge in [-0.25, -0.2) is 4.79 Å². The maximum Gasteiger partial charge on any atom is 0.336 e. The Morgan fingerprint density at radius 1 is 1.38 bits per heavy atom. The zero-order chi connectivity index (χ0) is 15.4. The fourth-order valence-electron chi connectivity index (χ4n) is 2.18. The van der Waals surface area contributed by atoms with Gasteiger partial charge in [0.15, 0.2) is 0 Å². The molecule has 2 rings (SSSR count). The first-order chi connectivity index (χ1) is 9.99. The van der Waals surface area contributed by atoms with Crippen molar-refractivity contribution in [2.75, 3.05) is 13.1 Å². The van der Waals surface area contributed by atoms with E-state index in [1.54, 1.807) is 6.07 Å². The van der Waals surface area contributed by atoms with Crippen LogP contribution in [0.5, 0.6) is 0 Å². The van der Waals surface area contributed by atoms with E-state index in [1.807, 2.05) is 24.0 Å². The van der Waals surface area contributed by atoms with Gasteiger partial charge in [0.25, 0.3) is 0 Å². The van der Waals surface area contributed by atoms with Gasteiger partial charge in [-0.05, 0) is 30.3 Å². The molecule has 0 amide bonds. The zero-order valence-electron chi connectivity index (χ0n) is 11.6. The highest BCUT2D eigenvalue weighted by Crippen LogP contribution is 2.22. The topological polar surface area (TPSA) is 70.8 Å². The number of halogens is 1. The van der Waals surface area contributed by atoms with E-state index < -0.39 is 11.6 Å². The summed E-state index contributed by atoms with van der Waals surface area (Å²) in [6, 6.07) is 7.01. The van der Waals surface area contributed by atoms with Gasteiger partial charge < -0.3 is 9.52 Å². The van der Waals surface area contributed by atoms with Gasteiger partial charge in [0, 0.05) is 29.0 Å². The molecule has 112 valence electrons. The largest absolute Gasteiger partial charge is 0.481 e. The van der Waals surface area contributed by atoms with Gasteiger partial charge in [-0.3, -0.25) is 9.69 Å². The summed E-state index contributed by atoms with van der Waals surface area (Å²) in [6.45, 7) is 3.65. The smallest absolute Gasteiger partial charge is 0.336 e. The van der Waals surface area contributed by atoms with Crippen LogP contribution in [-0.4, -0.2) is 29.1 Å². The quantitative estimate of drug-likeness (QED) is 0.808. The molecule has 0 fully saturated rings. The number of carboxylic acid groups (broad SMARTS) is 1. The molecule has 1 heterocycles. The molecule has 0 unspecified atom stereocenters. The molecule has 0 radical (unpaired) electrons. The predicted octanol–water partition coefficient (Wildman–Crippen LogP) is 2.85. The fraction of sp³-hybridized carbons (Fsp3) is 0.333. The second-order valence-corrected chi connectivity index (χ2v) is 5.66. The van der Waals surface area contributed by atoms with Crippen LogP contribution in [0.1, 0.15) is 18.9 Å². The third kappa shape index (κ3) is 4.15. The van der Waals surface area contributed by atoms with E-state index in [0.717, 1.165) is 15.4 Å². The highest BCUT2D eigenvalue weighted by atomic mass is 79.9. The van der Waals surface area contributed by atoms with Crippen molar-refractivity contribution in [2.45, 2.75) is 19.9 Å². The molecular weight excluding hydrogens is 338 g/mol. The molecule has 5 nitrogen and oxygen atoms in total. The third-order valence-corrected chi connectivity index (χ3v) is 3.77. The maximum atomic E-state index is 11.7. The number of carboxylic acids is 1. The van der Waals surface area contributed by atoms with Crippen LogP contribution in [0.2, 0.25) is 0 Å². The van der Waals surface area contributed by atoms with E-state index >= 15 is 0 Å². The number of aliphatic carboxylic acids is 1. The summed E-state index contributed by atoms with van der Waals surface area (Å²) >= 11 is 3.35. The van der Waals surface area contributed by atoms with Crippen molar-refractivity contribution in [1.82, 2.24) is 4.90 Å². The number of fused-ring (bicyclic) bond motifs is 1.